The number of aliphatic hydroxyl groups is 1. The Morgan fingerprint density at radius 2 is 1.82 bits per heavy atom. The Kier molecular flexibility index (Phi) is 4.46. The molecule has 0 amide bonds. The van der Waals surface area contributed by atoms with E-state index in [1.54, 1.807) is 0 Å². The van der Waals surface area contributed by atoms with Gasteiger partial charge in [-0.05, 0) is 43.1 Å². The molecular formula is C13H23NO2Si. The Balaban J connectivity index is 2.67. The summed E-state index contributed by atoms with van der Waals surface area (Å²) in [6.07, 6.45) is 1.77. The minimum atomic E-state index is -2.14. The third-order valence-electron chi connectivity index (χ3n) is 3.69. The van der Waals surface area contributed by atoms with Gasteiger partial charge in [-0.3, -0.25) is 4.98 Å². The molecule has 0 aliphatic rings. The molecule has 1 aromatic heterocycles. The van der Waals surface area contributed by atoms with Gasteiger partial charge in [0, 0.05) is 5.69 Å². The van der Waals surface area contributed by atoms with Gasteiger partial charge in [-0.1, -0.05) is 19.9 Å². The van der Waals surface area contributed by atoms with Crippen LogP contribution in [0.25, 0.3) is 0 Å². The van der Waals surface area contributed by atoms with Crippen LogP contribution in [-0.2, 0) is 13.0 Å². The maximum atomic E-state index is 10.2. The van der Waals surface area contributed by atoms with Crippen molar-refractivity contribution in [2.75, 3.05) is 0 Å². The Labute approximate surface area is 105 Å². The fraction of sp³-hybridized carbons (Fsp3) is 0.615. The van der Waals surface area contributed by atoms with Gasteiger partial charge in [0.1, 0.15) is 0 Å². The van der Waals surface area contributed by atoms with Gasteiger partial charge >= 0.3 is 0 Å². The first kappa shape index (κ1) is 14.3. The second-order valence-electron chi connectivity index (χ2n) is 5.72. The summed E-state index contributed by atoms with van der Waals surface area (Å²) in [7, 11) is -2.14. The molecule has 0 atom stereocenters. The molecule has 0 saturated carbocycles. The van der Waals surface area contributed by atoms with Gasteiger partial charge in [-0.15, -0.1) is 0 Å². The van der Waals surface area contributed by atoms with Gasteiger partial charge in [-0.25, -0.2) is 0 Å². The maximum absolute atomic E-state index is 10.2. The van der Waals surface area contributed by atoms with Crippen molar-refractivity contribution in [2.24, 2.45) is 0 Å². The molecule has 1 aromatic rings. The van der Waals surface area contributed by atoms with E-state index in [0.29, 0.717) is 5.69 Å². The first-order valence-corrected chi connectivity index (χ1v) is 8.99. The lowest BCUT2D eigenvalue weighted by Gasteiger charge is -2.35. The van der Waals surface area contributed by atoms with Crippen molar-refractivity contribution in [1.82, 2.24) is 4.98 Å². The van der Waals surface area contributed by atoms with E-state index in [1.165, 1.54) is 0 Å². The van der Waals surface area contributed by atoms with Gasteiger partial charge in [0.25, 0.3) is 0 Å². The smallest absolute Gasteiger partial charge is 0.188 e. The van der Waals surface area contributed by atoms with E-state index >= 15 is 0 Å². The maximum Gasteiger partial charge on any atom is 0.188 e. The van der Waals surface area contributed by atoms with Crippen LogP contribution in [0.5, 0.6) is 0 Å². The van der Waals surface area contributed by atoms with E-state index in [4.69, 9.17) is 5.11 Å². The van der Waals surface area contributed by atoms with E-state index in [1.807, 2.05) is 31.3 Å². The van der Waals surface area contributed by atoms with Gasteiger partial charge in [0.05, 0.1) is 12.3 Å². The van der Waals surface area contributed by atoms with Gasteiger partial charge in [0.2, 0.25) is 0 Å². The first-order valence-electron chi connectivity index (χ1n) is 6.04. The quantitative estimate of drug-likeness (QED) is 0.793. The van der Waals surface area contributed by atoms with Crippen molar-refractivity contribution in [3.63, 3.8) is 0 Å². The number of aromatic nitrogens is 1. The lowest BCUT2D eigenvalue weighted by Crippen LogP contribution is -2.39. The largest absolute Gasteiger partial charge is 0.432 e. The SMILES string of the molecule is CC(C)(CCc1cccc(CO)n1)[Si](C)(C)O. The molecule has 0 saturated heterocycles. The van der Waals surface area contributed by atoms with Gasteiger partial charge < -0.3 is 9.90 Å². The highest BCUT2D eigenvalue weighted by Crippen LogP contribution is 2.39. The van der Waals surface area contributed by atoms with Crippen molar-refractivity contribution in [3.05, 3.63) is 29.6 Å². The molecule has 0 aliphatic carbocycles. The van der Waals surface area contributed by atoms with Crippen molar-refractivity contribution in [1.29, 1.82) is 0 Å². The second kappa shape index (κ2) is 5.29. The average Bonchev–Trinajstić information content (AvgIpc) is 2.25. The highest BCUT2D eigenvalue weighted by Gasteiger charge is 2.37. The van der Waals surface area contributed by atoms with E-state index < -0.39 is 8.32 Å². The van der Waals surface area contributed by atoms with Gasteiger partial charge in [-0.2, -0.15) is 0 Å². The van der Waals surface area contributed by atoms with Crippen molar-refractivity contribution >= 4 is 8.32 Å². The summed E-state index contributed by atoms with van der Waals surface area (Å²) in [6, 6.07) is 5.71. The predicted molar refractivity (Wildman–Crippen MR) is 72.2 cm³/mol. The molecule has 1 heterocycles. The van der Waals surface area contributed by atoms with Crippen LogP contribution in [-0.4, -0.2) is 23.2 Å². The summed E-state index contributed by atoms with van der Waals surface area (Å²) in [5, 5.41) is 9.00. The number of aryl methyl sites for hydroxylation is 1. The summed E-state index contributed by atoms with van der Waals surface area (Å²) < 4.78 is 0. The van der Waals surface area contributed by atoms with Crippen LogP contribution in [0.15, 0.2) is 18.2 Å². The molecule has 0 fully saturated rings. The minimum Gasteiger partial charge on any atom is -0.432 e. The Hall–Kier alpha value is -0.713. The number of rotatable bonds is 5. The van der Waals surface area contributed by atoms with Crippen LogP contribution in [0, 0.1) is 0 Å². The summed E-state index contributed by atoms with van der Waals surface area (Å²) in [5.74, 6) is 0. The zero-order valence-electron chi connectivity index (χ0n) is 11.2. The summed E-state index contributed by atoms with van der Waals surface area (Å²) >= 11 is 0. The van der Waals surface area contributed by atoms with Crippen molar-refractivity contribution in [2.45, 2.75) is 51.4 Å². The normalized spacial score (nSPS) is 12.8. The minimum absolute atomic E-state index is 0.0164. The topological polar surface area (TPSA) is 53.4 Å². The molecule has 3 nitrogen and oxygen atoms in total. The molecule has 1 rings (SSSR count). The molecule has 0 radical (unpaired) electrons. The Morgan fingerprint density at radius 1 is 1.24 bits per heavy atom. The molecular weight excluding hydrogens is 230 g/mol. The third-order valence-corrected chi connectivity index (χ3v) is 7.25. The number of hydrogen-bond donors (Lipinski definition) is 2. The number of aliphatic hydroxyl groups excluding tert-OH is 1. The Bertz CT molecular complexity index is 372. The average molecular weight is 253 g/mol. The molecule has 0 unspecified atom stereocenters. The number of pyridine rings is 1. The monoisotopic (exact) mass is 253 g/mol. The molecule has 2 N–H and O–H groups in total. The van der Waals surface area contributed by atoms with Crippen LogP contribution >= 0.6 is 0 Å². The highest BCUT2D eigenvalue weighted by molar-refractivity contribution is 6.72. The van der Waals surface area contributed by atoms with Crippen LogP contribution in [0.3, 0.4) is 0 Å². The van der Waals surface area contributed by atoms with Crippen LogP contribution in [0.4, 0.5) is 0 Å². The Morgan fingerprint density at radius 3 is 2.35 bits per heavy atom. The molecule has 17 heavy (non-hydrogen) atoms. The number of nitrogens with zero attached hydrogens (tertiary/aromatic N) is 1. The molecule has 0 aromatic carbocycles. The van der Waals surface area contributed by atoms with Crippen LogP contribution in [0.2, 0.25) is 18.1 Å². The summed E-state index contributed by atoms with van der Waals surface area (Å²) in [6.45, 7) is 8.18. The predicted octanol–water partition coefficient (Wildman–Crippen LogP) is 2.48. The summed E-state index contributed by atoms with van der Waals surface area (Å²) in [4.78, 5) is 14.6. The van der Waals surface area contributed by atoms with Gasteiger partial charge in [0.15, 0.2) is 8.32 Å². The summed E-state index contributed by atoms with van der Waals surface area (Å²) in [5.41, 5.74) is 1.70. The third kappa shape index (κ3) is 3.91. The second-order valence-corrected chi connectivity index (χ2v) is 10.2. The zero-order chi connectivity index (χ0) is 13.1. The fourth-order valence-electron chi connectivity index (χ4n) is 1.50. The number of hydrogen-bond acceptors (Lipinski definition) is 3. The highest BCUT2D eigenvalue weighted by atomic mass is 28.4. The van der Waals surface area contributed by atoms with E-state index in [-0.39, 0.29) is 11.6 Å². The zero-order valence-corrected chi connectivity index (χ0v) is 12.2. The fourth-order valence-corrected chi connectivity index (χ4v) is 2.24. The lowest BCUT2D eigenvalue weighted by atomic mass is 10.0. The van der Waals surface area contributed by atoms with Crippen LogP contribution < -0.4 is 0 Å². The molecule has 0 bridgehead atoms. The standard InChI is InChI=1S/C13H23NO2Si/c1-13(2,17(3,4)16)9-8-11-6-5-7-12(10-15)14-11/h5-7,15-16H,8-10H2,1-4H3. The van der Waals surface area contributed by atoms with E-state index in [2.05, 4.69) is 18.8 Å². The van der Waals surface area contributed by atoms with E-state index in [9.17, 15) is 4.80 Å². The molecule has 0 spiro atoms. The first-order chi connectivity index (χ1) is 7.76. The van der Waals surface area contributed by atoms with Crippen molar-refractivity contribution < 1.29 is 9.90 Å². The van der Waals surface area contributed by atoms with E-state index in [0.717, 1.165) is 18.5 Å². The lowest BCUT2D eigenvalue weighted by molar-refractivity contribution is 0.276. The molecule has 4 heteroatoms. The van der Waals surface area contributed by atoms with Crippen molar-refractivity contribution in [3.8, 4) is 0 Å². The molecule has 0 aliphatic heterocycles. The molecule has 96 valence electrons. The van der Waals surface area contributed by atoms with Crippen LogP contribution in [0.1, 0.15) is 31.7 Å².